The Kier molecular flexibility index (Phi) is 5.87. The topological polar surface area (TPSA) is 108 Å². The fourth-order valence-electron chi connectivity index (χ4n) is 4.04. The van der Waals surface area contributed by atoms with Crippen LogP contribution in [0.4, 0.5) is 16.2 Å². The van der Waals surface area contributed by atoms with Crippen LogP contribution < -0.4 is 10.2 Å². The number of hydrogen-bond acceptors (Lipinski definition) is 6. The van der Waals surface area contributed by atoms with Crippen LogP contribution in [0, 0.1) is 11.7 Å². The quantitative estimate of drug-likeness (QED) is 0.774. The van der Waals surface area contributed by atoms with Gasteiger partial charge in [-0.25, -0.2) is 19.3 Å². The van der Waals surface area contributed by atoms with Crippen LogP contribution in [0.25, 0.3) is 11.4 Å². The first kappa shape index (κ1) is 20.2. The molecule has 1 saturated carbocycles. The van der Waals surface area contributed by atoms with Crippen LogP contribution >= 0.6 is 0 Å². The van der Waals surface area contributed by atoms with Crippen LogP contribution in [-0.4, -0.2) is 44.5 Å². The molecule has 8 nitrogen and oxygen atoms in total. The SMILES string of the molecule is O=C(O)C1CCC(Nc2ncc(F)c(-c3cccc(N4CCCCC4=O)n3)n2)CC1. The van der Waals surface area contributed by atoms with Crippen molar-refractivity contribution in [3.05, 3.63) is 30.2 Å². The molecule has 0 atom stereocenters. The maximum atomic E-state index is 14.5. The molecule has 1 aliphatic heterocycles. The molecule has 2 aliphatic rings. The third-order valence-corrected chi connectivity index (χ3v) is 5.73. The van der Waals surface area contributed by atoms with Gasteiger partial charge < -0.3 is 10.4 Å². The number of nitrogens with zero attached hydrogens (tertiary/aromatic N) is 4. The third kappa shape index (κ3) is 4.39. The van der Waals surface area contributed by atoms with Crippen LogP contribution in [0.3, 0.4) is 0 Å². The number of carboxylic acids is 1. The number of rotatable bonds is 5. The van der Waals surface area contributed by atoms with E-state index in [2.05, 4.69) is 20.3 Å². The zero-order chi connectivity index (χ0) is 21.1. The van der Waals surface area contributed by atoms with Gasteiger partial charge in [0.2, 0.25) is 11.9 Å². The van der Waals surface area contributed by atoms with Crippen molar-refractivity contribution in [2.75, 3.05) is 16.8 Å². The first-order valence-electron chi connectivity index (χ1n) is 10.3. The largest absolute Gasteiger partial charge is 0.481 e. The lowest BCUT2D eigenvalue weighted by atomic mass is 9.86. The number of halogens is 1. The molecule has 9 heteroatoms. The van der Waals surface area contributed by atoms with Crippen molar-refractivity contribution in [1.82, 2.24) is 15.0 Å². The summed E-state index contributed by atoms with van der Waals surface area (Å²) in [5, 5.41) is 12.3. The van der Waals surface area contributed by atoms with Crippen molar-refractivity contribution in [1.29, 1.82) is 0 Å². The smallest absolute Gasteiger partial charge is 0.306 e. The van der Waals surface area contributed by atoms with Crippen LogP contribution in [0.5, 0.6) is 0 Å². The predicted octanol–water partition coefficient (Wildman–Crippen LogP) is 3.25. The van der Waals surface area contributed by atoms with Gasteiger partial charge in [-0.15, -0.1) is 0 Å². The highest BCUT2D eigenvalue weighted by molar-refractivity contribution is 5.93. The molecule has 0 radical (unpaired) electrons. The monoisotopic (exact) mass is 413 g/mol. The first-order chi connectivity index (χ1) is 14.5. The average Bonchev–Trinajstić information content (AvgIpc) is 2.76. The van der Waals surface area contributed by atoms with E-state index in [0.29, 0.717) is 50.2 Å². The number of aliphatic carboxylic acids is 1. The molecule has 2 N–H and O–H groups in total. The number of carbonyl (C=O) groups excluding carboxylic acids is 1. The number of carbonyl (C=O) groups is 2. The molecular weight excluding hydrogens is 389 g/mol. The van der Waals surface area contributed by atoms with Gasteiger partial charge in [0.1, 0.15) is 11.5 Å². The van der Waals surface area contributed by atoms with E-state index >= 15 is 0 Å². The van der Waals surface area contributed by atoms with Gasteiger partial charge in [-0.3, -0.25) is 14.5 Å². The van der Waals surface area contributed by atoms with Crippen LogP contribution in [0.2, 0.25) is 0 Å². The maximum Gasteiger partial charge on any atom is 0.306 e. The zero-order valence-electron chi connectivity index (χ0n) is 16.6. The molecule has 0 aromatic carbocycles. The highest BCUT2D eigenvalue weighted by Crippen LogP contribution is 2.28. The van der Waals surface area contributed by atoms with Gasteiger partial charge in [0.05, 0.1) is 17.8 Å². The summed E-state index contributed by atoms with van der Waals surface area (Å²) >= 11 is 0. The number of anilines is 2. The lowest BCUT2D eigenvalue weighted by Gasteiger charge is -2.27. The van der Waals surface area contributed by atoms with Gasteiger partial charge in [0, 0.05) is 19.0 Å². The van der Waals surface area contributed by atoms with E-state index < -0.39 is 11.8 Å². The Morgan fingerprint density at radius 1 is 1.17 bits per heavy atom. The van der Waals surface area contributed by atoms with E-state index in [4.69, 9.17) is 5.11 Å². The molecular formula is C21H24FN5O3. The molecule has 4 rings (SSSR count). The van der Waals surface area contributed by atoms with Gasteiger partial charge in [0.25, 0.3) is 0 Å². The second-order valence-electron chi connectivity index (χ2n) is 7.80. The summed E-state index contributed by atoms with van der Waals surface area (Å²) in [6.07, 6.45) is 5.95. The van der Waals surface area contributed by atoms with Gasteiger partial charge in [0.15, 0.2) is 5.82 Å². The van der Waals surface area contributed by atoms with Crippen molar-refractivity contribution in [3.8, 4) is 11.4 Å². The van der Waals surface area contributed by atoms with E-state index in [-0.39, 0.29) is 29.5 Å². The number of hydrogen-bond donors (Lipinski definition) is 2. The molecule has 1 amide bonds. The minimum absolute atomic E-state index is 0.0216. The van der Waals surface area contributed by atoms with Gasteiger partial charge in [-0.2, -0.15) is 0 Å². The van der Waals surface area contributed by atoms with E-state index in [1.54, 1.807) is 23.1 Å². The van der Waals surface area contributed by atoms with E-state index in [1.807, 2.05) is 0 Å². The third-order valence-electron chi connectivity index (χ3n) is 5.73. The molecule has 3 heterocycles. The van der Waals surface area contributed by atoms with E-state index in [0.717, 1.165) is 19.0 Å². The standard InChI is InChI=1S/C21H24FN5O3/c22-15-12-23-21(24-14-9-7-13(8-10-14)20(29)30)26-19(15)16-4-3-5-17(25-16)27-11-2-1-6-18(27)28/h3-5,12-14H,1-2,6-11H2,(H,29,30)(H,23,24,26). The molecule has 0 spiro atoms. The van der Waals surface area contributed by atoms with Crippen LogP contribution in [-0.2, 0) is 9.59 Å². The molecule has 2 aromatic rings. The highest BCUT2D eigenvalue weighted by Gasteiger charge is 2.26. The predicted molar refractivity (Wildman–Crippen MR) is 108 cm³/mol. The lowest BCUT2D eigenvalue weighted by molar-refractivity contribution is -0.142. The minimum atomic E-state index is -0.757. The highest BCUT2D eigenvalue weighted by atomic mass is 19.1. The van der Waals surface area contributed by atoms with Crippen molar-refractivity contribution >= 4 is 23.6 Å². The Morgan fingerprint density at radius 2 is 1.97 bits per heavy atom. The van der Waals surface area contributed by atoms with Crippen LogP contribution in [0.15, 0.2) is 24.4 Å². The molecule has 2 aromatic heterocycles. The average molecular weight is 413 g/mol. The summed E-state index contributed by atoms with van der Waals surface area (Å²) in [5.41, 5.74) is 0.404. The number of nitrogens with one attached hydrogen (secondary N) is 1. The first-order valence-corrected chi connectivity index (χ1v) is 10.3. The van der Waals surface area contributed by atoms with Crippen molar-refractivity contribution in [3.63, 3.8) is 0 Å². The normalized spacial score (nSPS) is 22.0. The van der Waals surface area contributed by atoms with E-state index in [9.17, 15) is 14.0 Å². The fraction of sp³-hybridized carbons (Fsp3) is 0.476. The minimum Gasteiger partial charge on any atom is -0.481 e. The summed E-state index contributed by atoms with van der Waals surface area (Å²) in [6, 6.07) is 5.18. The maximum absolute atomic E-state index is 14.5. The summed E-state index contributed by atoms with van der Waals surface area (Å²) in [7, 11) is 0. The van der Waals surface area contributed by atoms with E-state index in [1.165, 1.54) is 0 Å². The lowest BCUT2D eigenvalue weighted by Crippen LogP contribution is -2.35. The summed E-state index contributed by atoms with van der Waals surface area (Å²) < 4.78 is 14.5. The molecule has 2 fully saturated rings. The van der Waals surface area contributed by atoms with Crippen molar-refractivity contribution in [2.45, 2.75) is 51.0 Å². The molecule has 1 aliphatic carbocycles. The van der Waals surface area contributed by atoms with Gasteiger partial charge in [-0.05, 0) is 50.7 Å². The fourth-order valence-corrected chi connectivity index (χ4v) is 4.04. The number of pyridine rings is 1. The summed E-state index contributed by atoms with van der Waals surface area (Å²) in [5.74, 6) is -0.856. The second kappa shape index (κ2) is 8.73. The molecule has 30 heavy (non-hydrogen) atoms. The zero-order valence-corrected chi connectivity index (χ0v) is 16.6. The number of piperidine rings is 1. The Balaban J connectivity index is 1.52. The number of amides is 1. The Bertz CT molecular complexity index is 946. The number of aromatic nitrogens is 3. The molecule has 158 valence electrons. The number of carboxylic acid groups (broad SMARTS) is 1. The van der Waals surface area contributed by atoms with Crippen molar-refractivity contribution < 1.29 is 19.1 Å². The molecule has 1 saturated heterocycles. The Morgan fingerprint density at radius 3 is 2.70 bits per heavy atom. The molecule has 0 unspecified atom stereocenters. The Labute approximate surface area is 173 Å². The van der Waals surface area contributed by atoms with Crippen LogP contribution in [0.1, 0.15) is 44.9 Å². The van der Waals surface area contributed by atoms with Crippen molar-refractivity contribution in [2.24, 2.45) is 5.92 Å². The van der Waals surface area contributed by atoms with Gasteiger partial charge in [-0.1, -0.05) is 6.07 Å². The summed E-state index contributed by atoms with van der Waals surface area (Å²) in [4.78, 5) is 37.7. The summed E-state index contributed by atoms with van der Waals surface area (Å²) in [6.45, 7) is 0.605. The van der Waals surface area contributed by atoms with Gasteiger partial charge >= 0.3 is 5.97 Å². The Hall–Kier alpha value is -3.10. The molecule has 0 bridgehead atoms. The second-order valence-corrected chi connectivity index (χ2v) is 7.80.